The lowest BCUT2D eigenvalue weighted by Gasteiger charge is -2.29. The molecule has 1 saturated heterocycles. The summed E-state index contributed by atoms with van der Waals surface area (Å²) in [6.45, 7) is 3.02. The number of nitrogens with zero attached hydrogens (tertiary/aromatic N) is 2. The first kappa shape index (κ1) is 16.9. The molecule has 0 bridgehead atoms. The second-order valence-electron chi connectivity index (χ2n) is 6.69. The fourth-order valence-electron chi connectivity index (χ4n) is 3.26. The Labute approximate surface area is 141 Å². The Morgan fingerprint density at radius 1 is 1.39 bits per heavy atom. The van der Waals surface area contributed by atoms with Gasteiger partial charge in [-0.15, -0.1) is 11.3 Å². The smallest absolute Gasteiger partial charge is 0.230 e. The number of amides is 1. The minimum Gasteiger partial charge on any atom is -0.302 e. The molecule has 0 radical (unpaired) electrons. The Balaban J connectivity index is 1.65. The molecular weight excluding hydrogens is 334 g/mol. The zero-order valence-corrected chi connectivity index (χ0v) is 15.2. The Bertz CT molecular complexity index is 699. The van der Waals surface area contributed by atoms with Gasteiger partial charge in [0.1, 0.15) is 0 Å². The van der Waals surface area contributed by atoms with Crippen molar-refractivity contribution >= 4 is 32.4 Å². The second-order valence-corrected chi connectivity index (χ2v) is 9.75. The third kappa shape index (κ3) is 3.92. The van der Waals surface area contributed by atoms with E-state index in [1.165, 1.54) is 15.4 Å². The Hall–Kier alpha value is -0.990. The van der Waals surface area contributed by atoms with Crippen LogP contribution in [0.4, 0.5) is 5.13 Å². The molecule has 1 aromatic rings. The first-order chi connectivity index (χ1) is 10.8. The highest BCUT2D eigenvalue weighted by atomic mass is 32.2. The maximum Gasteiger partial charge on any atom is 0.230 e. The van der Waals surface area contributed by atoms with Crippen LogP contribution in [0.5, 0.6) is 0 Å². The highest BCUT2D eigenvalue weighted by Gasteiger charge is 2.31. The number of anilines is 1. The molecule has 1 aliphatic heterocycles. The lowest BCUT2D eigenvalue weighted by molar-refractivity contribution is -0.120. The molecule has 1 amide bonds. The van der Waals surface area contributed by atoms with E-state index >= 15 is 0 Å². The van der Waals surface area contributed by atoms with Crippen LogP contribution >= 0.6 is 11.3 Å². The largest absolute Gasteiger partial charge is 0.302 e. The summed E-state index contributed by atoms with van der Waals surface area (Å²) in [7, 11) is -3.23. The summed E-state index contributed by atoms with van der Waals surface area (Å²) in [5, 5.41) is 3.56. The van der Waals surface area contributed by atoms with Crippen molar-refractivity contribution in [3.8, 4) is 0 Å². The quantitative estimate of drug-likeness (QED) is 0.896. The van der Waals surface area contributed by atoms with Crippen LogP contribution in [0, 0.1) is 11.8 Å². The first-order valence-electron chi connectivity index (χ1n) is 8.07. The SMILES string of the molecule is CC1CCc2nc(NC(=O)C3CCCN(S(C)(=O)=O)C3)sc2C1. The summed E-state index contributed by atoms with van der Waals surface area (Å²) in [5.74, 6) is 0.268. The van der Waals surface area contributed by atoms with Gasteiger partial charge in [-0.05, 0) is 38.0 Å². The normalized spacial score (nSPS) is 25.8. The number of piperidine rings is 1. The number of hydrogen-bond donors (Lipinski definition) is 1. The topological polar surface area (TPSA) is 79.4 Å². The van der Waals surface area contributed by atoms with Crippen LogP contribution in [0.1, 0.15) is 36.8 Å². The predicted molar refractivity (Wildman–Crippen MR) is 91.1 cm³/mol. The zero-order valence-electron chi connectivity index (χ0n) is 13.5. The van der Waals surface area contributed by atoms with Crippen molar-refractivity contribution in [1.29, 1.82) is 0 Å². The summed E-state index contributed by atoms with van der Waals surface area (Å²) in [6.07, 6.45) is 5.80. The lowest BCUT2D eigenvalue weighted by atomic mass is 9.93. The van der Waals surface area contributed by atoms with E-state index in [1.807, 2.05) is 0 Å². The van der Waals surface area contributed by atoms with Crippen LogP contribution in [0.15, 0.2) is 0 Å². The van der Waals surface area contributed by atoms with Gasteiger partial charge in [0.15, 0.2) is 5.13 Å². The molecule has 6 nitrogen and oxygen atoms in total. The molecule has 2 heterocycles. The molecule has 0 aromatic carbocycles. The second kappa shape index (κ2) is 6.49. The number of nitrogens with one attached hydrogen (secondary N) is 1. The molecule has 23 heavy (non-hydrogen) atoms. The van der Waals surface area contributed by atoms with Gasteiger partial charge in [0.25, 0.3) is 0 Å². The molecule has 1 aliphatic carbocycles. The monoisotopic (exact) mass is 357 g/mol. The van der Waals surface area contributed by atoms with E-state index < -0.39 is 10.0 Å². The third-order valence-corrected chi connectivity index (χ3v) is 6.95. The molecule has 1 N–H and O–H groups in total. The maximum atomic E-state index is 12.5. The molecule has 1 aromatic heterocycles. The predicted octanol–water partition coefficient (Wildman–Crippen LogP) is 1.88. The van der Waals surface area contributed by atoms with Crippen molar-refractivity contribution in [1.82, 2.24) is 9.29 Å². The molecule has 2 unspecified atom stereocenters. The van der Waals surface area contributed by atoms with Crippen LogP contribution in [0.3, 0.4) is 0 Å². The van der Waals surface area contributed by atoms with Crippen molar-refractivity contribution in [3.63, 3.8) is 0 Å². The highest BCUT2D eigenvalue weighted by Crippen LogP contribution is 2.32. The summed E-state index contributed by atoms with van der Waals surface area (Å²) in [6, 6.07) is 0. The third-order valence-electron chi connectivity index (χ3n) is 4.64. The van der Waals surface area contributed by atoms with Gasteiger partial charge < -0.3 is 5.32 Å². The van der Waals surface area contributed by atoms with Gasteiger partial charge in [-0.2, -0.15) is 0 Å². The van der Waals surface area contributed by atoms with Gasteiger partial charge in [0.2, 0.25) is 15.9 Å². The standard InChI is InChI=1S/C15H23N3O3S2/c1-10-5-6-12-13(8-10)22-15(16-12)17-14(19)11-4-3-7-18(9-11)23(2,20)21/h10-11H,3-9H2,1-2H3,(H,16,17,19). The Morgan fingerprint density at radius 3 is 2.91 bits per heavy atom. The minimum absolute atomic E-state index is 0.113. The van der Waals surface area contributed by atoms with E-state index in [4.69, 9.17) is 0 Å². The Kier molecular flexibility index (Phi) is 4.75. The maximum absolute atomic E-state index is 12.5. The van der Waals surface area contributed by atoms with Crippen LogP contribution < -0.4 is 5.32 Å². The van der Waals surface area contributed by atoms with Gasteiger partial charge in [0.05, 0.1) is 17.9 Å². The molecular formula is C15H23N3O3S2. The van der Waals surface area contributed by atoms with Gasteiger partial charge in [0, 0.05) is 18.0 Å². The number of rotatable bonds is 3. The van der Waals surface area contributed by atoms with Crippen molar-refractivity contribution < 1.29 is 13.2 Å². The van der Waals surface area contributed by atoms with Crippen LogP contribution in [0.25, 0.3) is 0 Å². The van der Waals surface area contributed by atoms with Gasteiger partial charge >= 0.3 is 0 Å². The fourth-order valence-corrected chi connectivity index (χ4v) is 5.34. The highest BCUT2D eigenvalue weighted by molar-refractivity contribution is 7.88. The summed E-state index contributed by atoms with van der Waals surface area (Å²) in [5.41, 5.74) is 1.12. The minimum atomic E-state index is -3.23. The van der Waals surface area contributed by atoms with E-state index in [0.717, 1.165) is 37.8 Å². The number of aromatic nitrogens is 1. The van der Waals surface area contributed by atoms with E-state index in [0.29, 0.717) is 17.6 Å². The van der Waals surface area contributed by atoms with Crippen LogP contribution in [-0.2, 0) is 27.7 Å². The molecule has 0 saturated carbocycles. The van der Waals surface area contributed by atoms with Crippen LogP contribution in [-0.4, -0.2) is 43.0 Å². The summed E-state index contributed by atoms with van der Waals surface area (Å²) in [4.78, 5) is 18.3. The van der Waals surface area contributed by atoms with Gasteiger partial charge in [-0.25, -0.2) is 17.7 Å². The fraction of sp³-hybridized carbons (Fsp3) is 0.733. The number of carbonyl (C=O) groups is 1. The van der Waals surface area contributed by atoms with E-state index in [9.17, 15) is 13.2 Å². The zero-order chi connectivity index (χ0) is 16.6. The van der Waals surface area contributed by atoms with E-state index in [-0.39, 0.29) is 18.4 Å². The van der Waals surface area contributed by atoms with E-state index in [2.05, 4.69) is 17.2 Å². The first-order valence-corrected chi connectivity index (χ1v) is 10.7. The summed E-state index contributed by atoms with van der Waals surface area (Å²) < 4.78 is 24.7. The number of sulfonamides is 1. The number of fused-ring (bicyclic) bond motifs is 1. The number of aryl methyl sites for hydroxylation is 1. The van der Waals surface area contributed by atoms with E-state index in [1.54, 1.807) is 11.3 Å². The molecule has 2 aliphatic rings. The number of hydrogen-bond acceptors (Lipinski definition) is 5. The number of carbonyl (C=O) groups excluding carboxylic acids is 1. The Morgan fingerprint density at radius 2 is 2.17 bits per heavy atom. The average molecular weight is 358 g/mol. The average Bonchev–Trinajstić information content (AvgIpc) is 2.87. The molecule has 2 atom stereocenters. The van der Waals surface area contributed by atoms with Crippen molar-refractivity contribution in [2.75, 3.05) is 24.7 Å². The van der Waals surface area contributed by atoms with Crippen molar-refractivity contribution in [3.05, 3.63) is 10.6 Å². The molecule has 128 valence electrons. The molecule has 8 heteroatoms. The molecule has 1 fully saturated rings. The molecule has 3 rings (SSSR count). The van der Waals surface area contributed by atoms with Crippen LogP contribution in [0.2, 0.25) is 0 Å². The van der Waals surface area contributed by atoms with Crippen molar-refractivity contribution in [2.45, 2.75) is 39.0 Å². The summed E-state index contributed by atoms with van der Waals surface area (Å²) >= 11 is 1.56. The number of thiazole rings is 1. The van der Waals surface area contributed by atoms with Gasteiger partial charge in [-0.1, -0.05) is 6.92 Å². The lowest BCUT2D eigenvalue weighted by Crippen LogP contribution is -2.43. The van der Waals surface area contributed by atoms with Crippen molar-refractivity contribution in [2.24, 2.45) is 11.8 Å². The van der Waals surface area contributed by atoms with Gasteiger partial charge in [-0.3, -0.25) is 4.79 Å². The molecule has 0 spiro atoms.